The molecule has 5 rings (SSSR count). The van der Waals surface area contributed by atoms with Gasteiger partial charge >= 0.3 is 6.03 Å². The quantitative estimate of drug-likeness (QED) is 0.564. The standard InChI is InChI=1S/C22H25F2N7OS/c1-12-29-30-21(33-12)14-4-13-5-20(26-11-19(13)25-10-14)28-22(32)31-17-2-3-18(31)7-15(6-17)27-16(8-23)9-24/h4-5,10-11,15-18,27H,2-3,6-9H2,1H3,(H,26,28,32)/t15?,17-,18+. The summed E-state index contributed by atoms with van der Waals surface area (Å²) in [7, 11) is 0. The number of nitrogens with one attached hydrogen (secondary N) is 2. The van der Waals surface area contributed by atoms with Crippen molar-refractivity contribution in [2.45, 2.75) is 56.8 Å². The fraction of sp³-hybridized carbons (Fsp3) is 0.500. The molecule has 8 nitrogen and oxygen atoms in total. The third-order valence-electron chi connectivity index (χ3n) is 6.39. The van der Waals surface area contributed by atoms with Crippen molar-refractivity contribution >= 4 is 34.1 Å². The van der Waals surface area contributed by atoms with E-state index in [1.807, 2.05) is 17.9 Å². The van der Waals surface area contributed by atoms with Crippen LogP contribution in [0.25, 0.3) is 21.5 Å². The number of halogens is 2. The predicted molar refractivity (Wildman–Crippen MR) is 123 cm³/mol. The lowest BCUT2D eigenvalue weighted by Crippen LogP contribution is -2.54. The highest BCUT2D eigenvalue weighted by molar-refractivity contribution is 7.14. The highest BCUT2D eigenvalue weighted by Gasteiger charge is 2.43. The molecule has 2 aliphatic heterocycles. The number of anilines is 1. The smallest absolute Gasteiger partial charge is 0.318 e. The molecule has 2 aliphatic rings. The van der Waals surface area contributed by atoms with Crippen LogP contribution in [0.15, 0.2) is 24.5 Å². The zero-order chi connectivity index (χ0) is 22.9. The van der Waals surface area contributed by atoms with Gasteiger partial charge in [0.2, 0.25) is 0 Å². The molecule has 2 N–H and O–H groups in total. The van der Waals surface area contributed by atoms with Gasteiger partial charge in [-0.1, -0.05) is 11.3 Å². The van der Waals surface area contributed by atoms with Crippen LogP contribution in [0.4, 0.5) is 19.4 Å². The molecule has 2 bridgehead atoms. The van der Waals surface area contributed by atoms with Crippen LogP contribution < -0.4 is 10.6 Å². The normalized spacial score (nSPS) is 22.3. The van der Waals surface area contributed by atoms with Gasteiger partial charge in [0.25, 0.3) is 0 Å². The number of carbonyl (C=O) groups excluding carboxylic acids is 1. The molecule has 2 saturated heterocycles. The fourth-order valence-electron chi connectivity index (χ4n) is 4.91. The van der Waals surface area contributed by atoms with Gasteiger partial charge in [-0.05, 0) is 44.7 Å². The first-order valence-electron chi connectivity index (χ1n) is 11.1. The molecule has 1 unspecified atom stereocenters. The van der Waals surface area contributed by atoms with Crippen LogP contribution in [-0.2, 0) is 0 Å². The Morgan fingerprint density at radius 2 is 1.91 bits per heavy atom. The first-order valence-corrected chi connectivity index (χ1v) is 11.9. The molecule has 0 saturated carbocycles. The van der Waals surface area contributed by atoms with E-state index in [4.69, 9.17) is 0 Å². The molecule has 33 heavy (non-hydrogen) atoms. The van der Waals surface area contributed by atoms with E-state index in [-0.39, 0.29) is 24.2 Å². The second kappa shape index (κ2) is 9.22. The van der Waals surface area contributed by atoms with E-state index in [9.17, 15) is 13.6 Å². The lowest BCUT2D eigenvalue weighted by atomic mass is 9.97. The van der Waals surface area contributed by atoms with Gasteiger partial charge in [0.1, 0.15) is 29.2 Å². The number of urea groups is 1. The largest absolute Gasteiger partial charge is 0.323 e. The molecule has 2 amide bonds. The van der Waals surface area contributed by atoms with E-state index < -0.39 is 19.4 Å². The number of rotatable bonds is 6. The molecular formula is C22H25F2N7OS. The van der Waals surface area contributed by atoms with Crippen LogP contribution in [0.3, 0.4) is 0 Å². The van der Waals surface area contributed by atoms with Crippen molar-refractivity contribution in [3.05, 3.63) is 29.5 Å². The van der Waals surface area contributed by atoms with Crippen LogP contribution in [-0.4, -0.2) is 68.6 Å². The molecule has 0 spiro atoms. The average molecular weight is 474 g/mol. The van der Waals surface area contributed by atoms with Gasteiger partial charge in [-0.15, -0.1) is 10.2 Å². The summed E-state index contributed by atoms with van der Waals surface area (Å²) in [5.74, 6) is 0.453. The maximum absolute atomic E-state index is 13.1. The third-order valence-corrected chi connectivity index (χ3v) is 7.27. The number of amides is 2. The van der Waals surface area contributed by atoms with Gasteiger partial charge in [0, 0.05) is 35.3 Å². The van der Waals surface area contributed by atoms with E-state index in [0.29, 0.717) is 18.7 Å². The molecule has 0 aliphatic carbocycles. The summed E-state index contributed by atoms with van der Waals surface area (Å²) in [4.78, 5) is 23.8. The number of alkyl halides is 2. The van der Waals surface area contributed by atoms with Crippen LogP contribution in [0.1, 0.15) is 30.7 Å². The maximum atomic E-state index is 13.1. The number of hydrogen-bond donors (Lipinski definition) is 2. The average Bonchev–Trinajstić information content (AvgIpc) is 3.37. The summed E-state index contributed by atoms with van der Waals surface area (Å²) in [6, 6.07) is 2.94. The topological polar surface area (TPSA) is 95.9 Å². The van der Waals surface area contributed by atoms with Crippen molar-refractivity contribution in [3.63, 3.8) is 0 Å². The Morgan fingerprint density at radius 3 is 2.58 bits per heavy atom. The fourth-order valence-corrected chi connectivity index (χ4v) is 5.58. The van der Waals surface area contributed by atoms with Gasteiger partial charge in [-0.3, -0.25) is 10.3 Å². The van der Waals surface area contributed by atoms with Crippen molar-refractivity contribution < 1.29 is 13.6 Å². The highest BCUT2D eigenvalue weighted by atomic mass is 32.1. The van der Waals surface area contributed by atoms with Crippen molar-refractivity contribution in [2.24, 2.45) is 0 Å². The zero-order valence-electron chi connectivity index (χ0n) is 18.2. The predicted octanol–water partition coefficient (Wildman–Crippen LogP) is 3.88. The van der Waals surface area contributed by atoms with Crippen LogP contribution in [0.2, 0.25) is 0 Å². The Morgan fingerprint density at radius 1 is 1.15 bits per heavy atom. The third kappa shape index (κ3) is 4.51. The summed E-state index contributed by atoms with van der Waals surface area (Å²) >= 11 is 1.50. The number of carbonyl (C=O) groups is 1. The minimum atomic E-state index is -0.765. The molecule has 3 aromatic heterocycles. The number of fused-ring (bicyclic) bond motifs is 3. The minimum absolute atomic E-state index is 0.0235. The molecule has 0 aromatic carbocycles. The number of aromatic nitrogens is 4. The zero-order valence-corrected chi connectivity index (χ0v) is 19.0. The summed E-state index contributed by atoms with van der Waals surface area (Å²) in [6.07, 6.45) is 6.56. The van der Waals surface area contributed by atoms with Crippen LogP contribution >= 0.6 is 11.3 Å². The molecule has 0 radical (unpaired) electrons. The Kier molecular flexibility index (Phi) is 6.15. The number of pyridine rings is 2. The van der Waals surface area contributed by atoms with Crippen molar-refractivity contribution in [1.29, 1.82) is 0 Å². The second-order valence-corrected chi connectivity index (χ2v) is 9.86. The number of nitrogens with zero attached hydrogens (tertiary/aromatic N) is 5. The summed E-state index contributed by atoms with van der Waals surface area (Å²) < 4.78 is 25.8. The van der Waals surface area contributed by atoms with Crippen molar-refractivity contribution in [2.75, 3.05) is 18.7 Å². The summed E-state index contributed by atoms with van der Waals surface area (Å²) in [5.41, 5.74) is 1.59. The number of aryl methyl sites for hydroxylation is 1. The van der Waals surface area contributed by atoms with Gasteiger partial charge < -0.3 is 10.2 Å². The van der Waals surface area contributed by atoms with Gasteiger partial charge in [-0.2, -0.15) is 0 Å². The van der Waals surface area contributed by atoms with E-state index in [0.717, 1.165) is 39.3 Å². The lowest BCUT2D eigenvalue weighted by Gasteiger charge is -2.39. The molecular weight excluding hydrogens is 448 g/mol. The van der Waals surface area contributed by atoms with Crippen molar-refractivity contribution in [3.8, 4) is 10.6 Å². The van der Waals surface area contributed by atoms with E-state index in [2.05, 4.69) is 30.8 Å². The first kappa shape index (κ1) is 22.0. The molecule has 11 heteroatoms. The molecule has 174 valence electrons. The summed E-state index contributed by atoms with van der Waals surface area (Å²) in [6.45, 7) is 0.449. The Bertz CT molecular complexity index is 1140. The first-order chi connectivity index (χ1) is 16.0. The lowest BCUT2D eigenvalue weighted by molar-refractivity contribution is 0.133. The Balaban J connectivity index is 1.29. The molecule has 5 heterocycles. The van der Waals surface area contributed by atoms with Gasteiger partial charge in [0.15, 0.2) is 0 Å². The summed E-state index contributed by atoms with van der Waals surface area (Å²) in [5, 5.41) is 16.7. The monoisotopic (exact) mass is 473 g/mol. The Labute approximate surface area is 193 Å². The van der Waals surface area contributed by atoms with E-state index in [1.54, 1.807) is 18.5 Å². The van der Waals surface area contributed by atoms with E-state index in [1.165, 1.54) is 11.3 Å². The highest BCUT2D eigenvalue weighted by Crippen LogP contribution is 2.36. The Hall–Kier alpha value is -2.79. The molecule has 2 fully saturated rings. The molecule has 3 aromatic rings. The van der Waals surface area contributed by atoms with Crippen LogP contribution in [0, 0.1) is 6.92 Å². The van der Waals surface area contributed by atoms with E-state index >= 15 is 0 Å². The maximum Gasteiger partial charge on any atom is 0.323 e. The number of piperidine rings is 1. The number of hydrogen-bond acceptors (Lipinski definition) is 7. The second-order valence-electron chi connectivity index (χ2n) is 8.68. The van der Waals surface area contributed by atoms with Crippen molar-refractivity contribution in [1.82, 2.24) is 30.4 Å². The van der Waals surface area contributed by atoms with Gasteiger partial charge in [-0.25, -0.2) is 18.6 Å². The SMILES string of the molecule is Cc1nnc(-c2cnc3cnc(NC(=O)N4[C@@H]5CC[C@H]4CC(NC(CF)CF)C5)cc3c2)s1. The van der Waals surface area contributed by atoms with Crippen LogP contribution in [0.5, 0.6) is 0 Å². The minimum Gasteiger partial charge on any atom is -0.318 e. The van der Waals surface area contributed by atoms with Gasteiger partial charge in [0.05, 0.1) is 17.8 Å². The molecule has 3 atom stereocenters.